The summed E-state index contributed by atoms with van der Waals surface area (Å²) in [7, 11) is 1.30. The van der Waals surface area contributed by atoms with E-state index in [2.05, 4.69) is 10.1 Å². The number of ether oxygens (including phenoxy) is 3. The van der Waals surface area contributed by atoms with Gasteiger partial charge in [0.15, 0.2) is 0 Å². The van der Waals surface area contributed by atoms with Gasteiger partial charge in [-0.25, -0.2) is 9.59 Å². The fraction of sp³-hybridized carbons (Fsp3) is 0.318. The van der Waals surface area contributed by atoms with Crippen LogP contribution in [0.4, 0.5) is 21.0 Å². The van der Waals surface area contributed by atoms with Crippen LogP contribution in [0.25, 0.3) is 0 Å². The molecule has 0 spiro atoms. The number of rotatable bonds is 6. The van der Waals surface area contributed by atoms with Crippen LogP contribution in [0, 0.1) is 0 Å². The van der Waals surface area contributed by atoms with Crippen molar-refractivity contribution in [2.75, 3.05) is 23.9 Å². The van der Waals surface area contributed by atoms with Crippen LogP contribution in [0.1, 0.15) is 26.3 Å². The van der Waals surface area contributed by atoms with E-state index in [1.807, 2.05) is 30.3 Å². The van der Waals surface area contributed by atoms with E-state index in [-0.39, 0.29) is 18.8 Å². The number of esters is 1. The highest BCUT2D eigenvalue weighted by molar-refractivity contribution is 6.09. The third kappa shape index (κ3) is 7.12. The second-order valence-electron chi connectivity index (χ2n) is 7.33. The Balaban J connectivity index is 2.17. The second kappa shape index (κ2) is 10.3. The SMILES string of the molecule is COC(=O)CNc1ccc(N(C(=O)OCc2ccccc2)C(=O)OC(C)(C)C)cc1. The normalized spacial score (nSPS) is 10.7. The minimum Gasteiger partial charge on any atom is -0.468 e. The molecule has 0 saturated heterocycles. The molecule has 0 fully saturated rings. The predicted molar refractivity (Wildman–Crippen MR) is 112 cm³/mol. The van der Waals surface area contributed by atoms with Gasteiger partial charge in [0.1, 0.15) is 18.8 Å². The Bertz CT molecular complexity index is 859. The molecule has 0 bridgehead atoms. The lowest BCUT2D eigenvalue weighted by Gasteiger charge is -2.26. The smallest absolute Gasteiger partial charge is 0.424 e. The number of benzene rings is 2. The monoisotopic (exact) mass is 414 g/mol. The third-order valence-electron chi connectivity index (χ3n) is 3.75. The van der Waals surface area contributed by atoms with Crippen molar-refractivity contribution in [1.29, 1.82) is 0 Å². The largest absolute Gasteiger partial charge is 0.468 e. The maximum atomic E-state index is 12.7. The van der Waals surface area contributed by atoms with Gasteiger partial charge in [-0.3, -0.25) is 4.79 Å². The van der Waals surface area contributed by atoms with Crippen molar-refractivity contribution in [3.8, 4) is 0 Å². The molecule has 8 heteroatoms. The minimum atomic E-state index is -0.858. The molecule has 0 aliphatic carbocycles. The van der Waals surface area contributed by atoms with Crippen molar-refractivity contribution in [3.63, 3.8) is 0 Å². The van der Waals surface area contributed by atoms with Crippen LogP contribution in [0.5, 0.6) is 0 Å². The molecule has 2 aromatic rings. The van der Waals surface area contributed by atoms with E-state index < -0.39 is 23.8 Å². The summed E-state index contributed by atoms with van der Waals surface area (Å²) in [5.41, 5.74) is 0.881. The van der Waals surface area contributed by atoms with Gasteiger partial charge in [0, 0.05) is 5.69 Å². The molecule has 2 aromatic carbocycles. The van der Waals surface area contributed by atoms with Gasteiger partial charge in [0.05, 0.1) is 12.8 Å². The summed E-state index contributed by atoms with van der Waals surface area (Å²) < 4.78 is 15.2. The number of nitrogens with zero attached hydrogens (tertiary/aromatic N) is 1. The van der Waals surface area contributed by atoms with Gasteiger partial charge in [-0.15, -0.1) is 0 Å². The van der Waals surface area contributed by atoms with Crippen molar-refractivity contribution in [2.24, 2.45) is 0 Å². The van der Waals surface area contributed by atoms with Gasteiger partial charge in [0.25, 0.3) is 0 Å². The standard InChI is InChI=1S/C22H26N2O6/c1-22(2,3)30-21(27)24(20(26)29-15-16-8-6-5-7-9-16)18-12-10-17(11-13-18)23-14-19(25)28-4/h5-13,23H,14-15H2,1-4H3. The van der Waals surface area contributed by atoms with Crippen LogP contribution in [-0.2, 0) is 25.6 Å². The molecule has 0 aliphatic heterocycles. The highest BCUT2D eigenvalue weighted by atomic mass is 16.6. The summed E-state index contributed by atoms with van der Waals surface area (Å²) in [5.74, 6) is -0.418. The van der Waals surface area contributed by atoms with E-state index >= 15 is 0 Å². The second-order valence-corrected chi connectivity index (χ2v) is 7.33. The number of carbonyl (C=O) groups excluding carboxylic acids is 3. The fourth-order valence-corrected chi connectivity index (χ4v) is 2.35. The Kier molecular flexibility index (Phi) is 7.80. The first-order valence-corrected chi connectivity index (χ1v) is 9.34. The zero-order chi connectivity index (χ0) is 22.1. The van der Waals surface area contributed by atoms with Crippen molar-refractivity contribution >= 4 is 29.5 Å². The molecule has 0 aliphatic rings. The maximum Gasteiger partial charge on any atom is 0.424 e. The minimum absolute atomic E-state index is 0.00918. The number of nitrogens with one attached hydrogen (secondary N) is 1. The molecule has 2 rings (SSSR count). The topological polar surface area (TPSA) is 94.2 Å². The lowest BCUT2D eigenvalue weighted by Crippen LogP contribution is -2.41. The molecule has 0 unspecified atom stereocenters. The highest BCUT2D eigenvalue weighted by Crippen LogP contribution is 2.22. The van der Waals surface area contributed by atoms with Gasteiger partial charge in [-0.1, -0.05) is 30.3 Å². The van der Waals surface area contributed by atoms with E-state index in [4.69, 9.17) is 9.47 Å². The van der Waals surface area contributed by atoms with Crippen molar-refractivity contribution < 1.29 is 28.6 Å². The summed E-state index contributed by atoms with van der Waals surface area (Å²) >= 11 is 0. The molecule has 0 saturated carbocycles. The Morgan fingerprint density at radius 3 is 2.13 bits per heavy atom. The molecule has 0 heterocycles. The summed E-state index contributed by atoms with van der Waals surface area (Å²) in [6, 6.07) is 15.5. The molecule has 8 nitrogen and oxygen atoms in total. The maximum absolute atomic E-state index is 12.7. The fourth-order valence-electron chi connectivity index (χ4n) is 2.35. The van der Waals surface area contributed by atoms with Crippen LogP contribution < -0.4 is 10.2 Å². The molecule has 2 amide bonds. The van der Waals surface area contributed by atoms with Crippen LogP contribution in [0.3, 0.4) is 0 Å². The lowest BCUT2D eigenvalue weighted by molar-refractivity contribution is -0.138. The van der Waals surface area contributed by atoms with Crippen molar-refractivity contribution in [3.05, 3.63) is 60.2 Å². The third-order valence-corrected chi connectivity index (χ3v) is 3.75. The Labute approximate surface area is 175 Å². The number of carbonyl (C=O) groups is 3. The molecule has 0 aromatic heterocycles. The molecule has 30 heavy (non-hydrogen) atoms. The first-order chi connectivity index (χ1) is 14.2. The number of amides is 2. The number of methoxy groups -OCH3 is 1. The number of anilines is 2. The molecule has 0 atom stereocenters. The van der Waals surface area contributed by atoms with Crippen molar-refractivity contribution in [2.45, 2.75) is 33.0 Å². The first kappa shape index (κ1) is 22.7. The summed E-state index contributed by atoms with van der Waals surface area (Å²) in [5, 5.41) is 2.88. The van der Waals surface area contributed by atoms with Gasteiger partial charge in [-0.2, -0.15) is 4.90 Å². The van der Waals surface area contributed by atoms with E-state index in [0.29, 0.717) is 5.69 Å². The van der Waals surface area contributed by atoms with Crippen LogP contribution in [-0.4, -0.2) is 37.4 Å². The first-order valence-electron chi connectivity index (χ1n) is 9.34. The molecular weight excluding hydrogens is 388 g/mol. The summed E-state index contributed by atoms with van der Waals surface area (Å²) in [4.78, 5) is 37.5. The molecule has 160 valence electrons. The van der Waals surface area contributed by atoms with Gasteiger partial charge in [0.2, 0.25) is 0 Å². The van der Waals surface area contributed by atoms with Crippen LogP contribution >= 0.6 is 0 Å². The average Bonchev–Trinajstić information content (AvgIpc) is 2.71. The van der Waals surface area contributed by atoms with E-state index in [1.54, 1.807) is 45.0 Å². The number of imide groups is 1. The van der Waals surface area contributed by atoms with E-state index in [0.717, 1.165) is 10.5 Å². The molecule has 1 N–H and O–H groups in total. The highest BCUT2D eigenvalue weighted by Gasteiger charge is 2.30. The van der Waals surface area contributed by atoms with Gasteiger partial charge >= 0.3 is 18.2 Å². The van der Waals surface area contributed by atoms with E-state index in [9.17, 15) is 14.4 Å². The van der Waals surface area contributed by atoms with Crippen molar-refractivity contribution in [1.82, 2.24) is 0 Å². The van der Waals surface area contributed by atoms with Gasteiger partial charge in [-0.05, 0) is 50.6 Å². The average molecular weight is 414 g/mol. The predicted octanol–water partition coefficient (Wildman–Crippen LogP) is 4.35. The molecule has 0 radical (unpaired) electrons. The zero-order valence-corrected chi connectivity index (χ0v) is 17.5. The van der Waals surface area contributed by atoms with Crippen LogP contribution in [0.15, 0.2) is 54.6 Å². The Morgan fingerprint density at radius 2 is 1.57 bits per heavy atom. The summed E-state index contributed by atoms with van der Waals surface area (Å²) in [6.07, 6.45) is -1.71. The zero-order valence-electron chi connectivity index (χ0n) is 17.5. The van der Waals surface area contributed by atoms with Crippen LogP contribution in [0.2, 0.25) is 0 Å². The number of hydrogen-bond acceptors (Lipinski definition) is 7. The Morgan fingerprint density at radius 1 is 0.933 bits per heavy atom. The quantitative estimate of drug-likeness (QED) is 0.555. The number of hydrogen-bond donors (Lipinski definition) is 1. The van der Waals surface area contributed by atoms with Gasteiger partial charge < -0.3 is 19.5 Å². The lowest BCUT2D eigenvalue weighted by atomic mass is 10.2. The van der Waals surface area contributed by atoms with E-state index in [1.165, 1.54) is 7.11 Å². The summed E-state index contributed by atoms with van der Waals surface area (Å²) in [6.45, 7) is 5.12. The molecular formula is C22H26N2O6. The Hall–Kier alpha value is -3.55.